The van der Waals surface area contributed by atoms with Crippen LogP contribution in [0, 0.1) is 5.92 Å². The van der Waals surface area contributed by atoms with Gasteiger partial charge in [-0.25, -0.2) is 0 Å². The monoisotopic (exact) mass is 332 g/mol. The fourth-order valence-corrected chi connectivity index (χ4v) is 2.96. The smallest absolute Gasteiger partial charge is 0.341 e. The maximum absolute atomic E-state index is 12.1. The van der Waals surface area contributed by atoms with Crippen molar-refractivity contribution in [3.8, 4) is 11.1 Å². The lowest BCUT2D eigenvalue weighted by Crippen LogP contribution is -2.13. The van der Waals surface area contributed by atoms with Crippen LogP contribution < -0.4 is 0 Å². The highest BCUT2D eigenvalue weighted by atomic mass is 32.2. The molecule has 0 N–H and O–H groups in total. The Balaban J connectivity index is 2.10. The van der Waals surface area contributed by atoms with Gasteiger partial charge in [0.1, 0.15) is 4.90 Å². The highest BCUT2D eigenvalue weighted by Crippen LogP contribution is 2.22. The van der Waals surface area contributed by atoms with Crippen molar-refractivity contribution in [1.29, 1.82) is 0 Å². The minimum atomic E-state index is -4.06. The lowest BCUT2D eigenvalue weighted by atomic mass is 10.1. The Hall–Kier alpha value is -2.14. The summed E-state index contributed by atoms with van der Waals surface area (Å²) in [6.45, 7) is 3.92. The molecule has 0 aliphatic carbocycles. The second kappa shape index (κ2) is 7.42. The van der Waals surface area contributed by atoms with Gasteiger partial charge in [0.05, 0.1) is 0 Å². The molecule has 122 valence electrons. The predicted molar refractivity (Wildman–Crippen MR) is 89.2 cm³/mol. The van der Waals surface area contributed by atoms with Gasteiger partial charge in [-0.3, -0.25) is 4.79 Å². The van der Waals surface area contributed by atoms with Crippen LogP contribution in [0.25, 0.3) is 11.1 Å². The summed E-state index contributed by atoms with van der Waals surface area (Å²) in [6.07, 6.45) is 0.695. The molecule has 2 rings (SSSR count). The topological polar surface area (TPSA) is 60.4 Å². The summed E-state index contributed by atoms with van der Waals surface area (Å²) in [4.78, 5) is 11.6. The molecule has 0 aliphatic heterocycles. The zero-order valence-corrected chi connectivity index (χ0v) is 14.0. The molecule has 0 fully saturated rings. The lowest BCUT2D eigenvalue weighted by molar-refractivity contribution is -0.134. The zero-order chi connectivity index (χ0) is 16.9. The van der Waals surface area contributed by atoms with E-state index in [1.54, 1.807) is 12.1 Å². The highest BCUT2D eigenvalue weighted by Gasteiger charge is 2.20. The first kappa shape index (κ1) is 17.2. The average Bonchev–Trinajstić information content (AvgIpc) is 2.53. The van der Waals surface area contributed by atoms with Crippen molar-refractivity contribution in [2.24, 2.45) is 5.92 Å². The maximum Gasteiger partial charge on any atom is 0.341 e. The average molecular weight is 332 g/mol. The second-order valence-corrected chi connectivity index (χ2v) is 7.28. The molecule has 0 heterocycles. The summed E-state index contributed by atoms with van der Waals surface area (Å²) in [5, 5.41) is 0. The highest BCUT2D eigenvalue weighted by molar-refractivity contribution is 7.87. The van der Waals surface area contributed by atoms with E-state index in [2.05, 4.69) is 4.18 Å². The van der Waals surface area contributed by atoms with E-state index >= 15 is 0 Å². The summed E-state index contributed by atoms with van der Waals surface area (Å²) in [5.74, 6) is -0.402. The number of carbonyl (C=O) groups is 1. The largest absolute Gasteiger partial charge is 0.342 e. The minimum Gasteiger partial charge on any atom is -0.342 e. The van der Waals surface area contributed by atoms with E-state index < -0.39 is 16.1 Å². The Bertz CT molecular complexity index is 747. The molecule has 0 atom stereocenters. The molecule has 0 radical (unpaired) electrons. The van der Waals surface area contributed by atoms with Crippen LogP contribution in [0.2, 0.25) is 0 Å². The van der Waals surface area contributed by atoms with E-state index in [1.807, 2.05) is 44.2 Å². The van der Waals surface area contributed by atoms with Gasteiger partial charge >= 0.3 is 16.1 Å². The molecular formula is C18H20O4S. The first-order valence-corrected chi connectivity index (χ1v) is 8.92. The van der Waals surface area contributed by atoms with Crippen molar-refractivity contribution in [2.45, 2.75) is 31.6 Å². The van der Waals surface area contributed by atoms with Gasteiger partial charge in [-0.15, -0.1) is 0 Å². The van der Waals surface area contributed by atoms with Crippen molar-refractivity contribution in [3.05, 3.63) is 54.6 Å². The molecule has 0 bridgehead atoms. The van der Waals surface area contributed by atoms with Crippen molar-refractivity contribution >= 4 is 16.1 Å². The lowest BCUT2D eigenvalue weighted by Gasteiger charge is -2.08. The molecule has 23 heavy (non-hydrogen) atoms. The van der Waals surface area contributed by atoms with E-state index in [1.165, 1.54) is 12.1 Å². The summed E-state index contributed by atoms with van der Waals surface area (Å²) in [5.41, 5.74) is 1.89. The SMILES string of the molecule is CC(C)CCC(=O)OS(=O)(=O)c1ccc(-c2ccccc2)cc1. The Kier molecular flexibility index (Phi) is 5.55. The summed E-state index contributed by atoms with van der Waals surface area (Å²) in [7, 11) is -4.06. The molecule has 0 spiro atoms. The Morgan fingerprint density at radius 2 is 1.52 bits per heavy atom. The van der Waals surface area contributed by atoms with Gasteiger partial charge in [-0.2, -0.15) is 8.42 Å². The van der Waals surface area contributed by atoms with Gasteiger partial charge in [0.2, 0.25) is 0 Å². The zero-order valence-electron chi connectivity index (χ0n) is 13.2. The second-order valence-electron chi connectivity index (χ2n) is 5.73. The van der Waals surface area contributed by atoms with Crippen LogP contribution in [0.5, 0.6) is 0 Å². The number of benzene rings is 2. The predicted octanol–water partition coefficient (Wildman–Crippen LogP) is 4.02. The molecule has 4 nitrogen and oxygen atoms in total. The van der Waals surface area contributed by atoms with Crippen LogP contribution in [-0.2, 0) is 19.1 Å². The molecule has 2 aromatic carbocycles. The molecule has 0 aliphatic rings. The third kappa shape index (κ3) is 4.93. The van der Waals surface area contributed by atoms with Crippen molar-refractivity contribution in [2.75, 3.05) is 0 Å². The van der Waals surface area contributed by atoms with E-state index in [9.17, 15) is 13.2 Å². The molecule has 0 amide bonds. The number of carbonyl (C=O) groups excluding carboxylic acids is 1. The number of rotatable bonds is 6. The summed E-state index contributed by atoms with van der Waals surface area (Å²) in [6, 6.07) is 15.9. The van der Waals surface area contributed by atoms with Crippen LogP contribution >= 0.6 is 0 Å². The third-order valence-corrected chi connectivity index (χ3v) is 4.63. The molecule has 0 aromatic heterocycles. The standard InChI is InChI=1S/C18H20O4S/c1-14(2)8-13-18(19)22-23(20,21)17-11-9-16(10-12-17)15-6-4-3-5-7-15/h3-7,9-12,14H,8,13H2,1-2H3. The number of hydrogen-bond acceptors (Lipinski definition) is 4. The van der Waals surface area contributed by atoms with Gasteiger partial charge in [-0.1, -0.05) is 56.3 Å². The van der Waals surface area contributed by atoms with Gasteiger partial charge in [-0.05, 0) is 35.6 Å². The molecule has 0 saturated heterocycles. The van der Waals surface area contributed by atoms with Gasteiger partial charge < -0.3 is 4.18 Å². The van der Waals surface area contributed by atoms with E-state index in [0.29, 0.717) is 12.3 Å². The fourth-order valence-electron chi connectivity index (χ4n) is 2.06. The van der Waals surface area contributed by atoms with E-state index in [-0.39, 0.29) is 11.3 Å². The Morgan fingerprint density at radius 1 is 0.957 bits per heavy atom. The van der Waals surface area contributed by atoms with Gasteiger partial charge in [0.15, 0.2) is 0 Å². The van der Waals surface area contributed by atoms with Crippen LogP contribution in [-0.4, -0.2) is 14.4 Å². The molecule has 2 aromatic rings. The van der Waals surface area contributed by atoms with Gasteiger partial charge in [0, 0.05) is 6.42 Å². The Labute approximate surface area is 137 Å². The van der Waals surface area contributed by atoms with Crippen LogP contribution in [0.3, 0.4) is 0 Å². The maximum atomic E-state index is 12.1. The molecule has 5 heteroatoms. The van der Waals surface area contributed by atoms with E-state index in [0.717, 1.165) is 11.1 Å². The number of hydrogen-bond donors (Lipinski definition) is 0. The Morgan fingerprint density at radius 3 is 2.09 bits per heavy atom. The third-order valence-electron chi connectivity index (χ3n) is 3.38. The van der Waals surface area contributed by atoms with Crippen LogP contribution in [0.4, 0.5) is 0 Å². The summed E-state index contributed by atoms with van der Waals surface area (Å²) < 4.78 is 28.8. The van der Waals surface area contributed by atoms with Crippen LogP contribution in [0.1, 0.15) is 26.7 Å². The van der Waals surface area contributed by atoms with Gasteiger partial charge in [0.25, 0.3) is 0 Å². The fraction of sp³-hybridized carbons (Fsp3) is 0.278. The quantitative estimate of drug-likeness (QED) is 0.750. The first-order valence-electron chi connectivity index (χ1n) is 7.51. The summed E-state index contributed by atoms with van der Waals surface area (Å²) >= 11 is 0. The minimum absolute atomic E-state index is 0.0184. The first-order chi connectivity index (χ1) is 10.9. The van der Waals surface area contributed by atoms with Crippen molar-refractivity contribution in [1.82, 2.24) is 0 Å². The van der Waals surface area contributed by atoms with E-state index in [4.69, 9.17) is 0 Å². The van der Waals surface area contributed by atoms with Crippen molar-refractivity contribution in [3.63, 3.8) is 0 Å². The molecular weight excluding hydrogens is 312 g/mol. The normalized spacial score (nSPS) is 11.4. The molecule has 0 unspecified atom stereocenters. The van der Waals surface area contributed by atoms with Crippen LogP contribution in [0.15, 0.2) is 59.5 Å². The molecule has 0 saturated carbocycles. The van der Waals surface area contributed by atoms with Crippen molar-refractivity contribution < 1.29 is 17.4 Å².